The standard InChI is InChI=1S/C21H36N4O2/c1-5-21(6-2,16-26)15-23-20(22-7-3)24-17-12-13-25(14-17)18-10-8-9-11-19(18)27-4/h8-11,17,26H,5-7,12-16H2,1-4H3,(H2,22,23,24). The van der Waals surface area contributed by atoms with E-state index in [0.29, 0.717) is 12.6 Å². The van der Waals surface area contributed by atoms with Crippen LogP contribution in [0.3, 0.4) is 0 Å². The molecule has 1 aromatic carbocycles. The predicted octanol–water partition coefficient (Wildman–Crippen LogP) is 2.63. The van der Waals surface area contributed by atoms with Crippen molar-refractivity contribution in [3.05, 3.63) is 24.3 Å². The van der Waals surface area contributed by atoms with Crippen molar-refractivity contribution in [1.82, 2.24) is 10.6 Å². The van der Waals surface area contributed by atoms with Crippen LogP contribution >= 0.6 is 0 Å². The van der Waals surface area contributed by atoms with Crippen molar-refractivity contribution >= 4 is 11.6 Å². The summed E-state index contributed by atoms with van der Waals surface area (Å²) in [6.07, 6.45) is 2.90. The highest BCUT2D eigenvalue weighted by atomic mass is 16.5. The maximum absolute atomic E-state index is 9.79. The Hall–Kier alpha value is -1.95. The second-order valence-corrected chi connectivity index (χ2v) is 7.31. The minimum Gasteiger partial charge on any atom is -0.495 e. The van der Waals surface area contributed by atoms with E-state index in [4.69, 9.17) is 9.73 Å². The molecule has 27 heavy (non-hydrogen) atoms. The highest BCUT2D eigenvalue weighted by Gasteiger charge is 2.27. The number of nitrogens with one attached hydrogen (secondary N) is 2. The molecule has 6 heteroatoms. The number of aliphatic hydroxyl groups excluding tert-OH is 1. The molecular weight excluding hydrogens is 340 g/mol. The third-order valence-electron chi connectivity index (χ3n) is 5.71. The monoisotopic (exact) mass is 376 g/mol. The summed E-state index contributed by atoms with van der Waals surface area (Å²) in [5.74, 6) is 1.75. The molecule has 1 atom stereocenters. The molecule has 0 amide bonds. The summed E-state index contributed by atoms with van der Waals surface area (Å²) in [6.45, 7) is 9.85. The molecule has 1 aliphatic rings. The topological polar surface area (TPSA) is 69.1 Å². The van der Waals surface area contributed by atoms with Crippen molar-refractivity contribution in [3.8, 4) is 5.75 Å². The number of aliphatic imine (C=N–C) groups is 1. The van der Waals surface area contributed by atoms with E-state index in [-0.39, 0.29) is 12.0 Å². The highest BCUT2D eigenvalue weighted by Crippen LogP contribution is 2.30. The van der Waals surface area contributed by atoms with E-state index >= 15 is 0 Å². The lowest BCUT2D eigenvalue weighted by Gasteiger charge is -2.28. The molecule has 3 N–H and O–H groups in total. The Balaban J connectivity index is 2.02. The molecule has 0 spiro atoms. The molecule has 0 aliphatic carbocycles. The molecule has 1 heterocycles. The van der Waals surface area contributed by atoms with Gasteiger partial charge in [0.05, 0.1) is 25.9 Å². The van der Waals surface area contributed by atoms with E-state index in [1.165, 1.54) is 0 Å². The molecule has 152 valence electrons. The summed E-state index contributed by atoms with van der Waals surface area (Å²) < 4.78 is 5.50. The van der Waals surface area contributed by atoms with E-state index in [0.717, 1.165) is 56.3 Å². The maximum Gasteiger partial charge on any atom is 0.191 e. The summed E-state index contributed by atoms with van der Waals surface area (Å²) in [6, 6.07) is 8.50. The minimum atomic E-state index is -0.124. The van der Waals surface area contributed by atoms with E-state index in [1.807, 2.05) is 18.2 Å². The van der Waals surface area contributed by atoms with Crippen LogP contribution in [-0.4, -0.2) is 57.0 Å². The fourth-order valence-electron chi connectivity index (χ4n) is 3.50. The molecule has 0 aromatic heterocycles. The van der Waals surface area contributed by atoms with Crippen LogP contribution in [0.4, 0.5) is 5.69 Å². The average molecular weight is 377 g/mol. The van der Waals surface area contributed by atoms with E-state index in [1.54, 1.807) is 7.11 Å². The molecule has 1 fully saturated rings. The summed E-state index contributed by atoms with van der Waals surface area (Å²) in [4.78, 5) is 7.14. The summed E-state index contributed by atoms with van der Waals surface area (Å²) >= 11 is 0. The smallest absolute Gasteiger partial charge is 0.191 e. The van der Waals surface area contributed by atoms with Crippen LogP contribution in [0.5, 0.6) is 5.75 Å². The summed E-state index contributed by atoms with van der Waals surface area (Å²) in [5.41, 5.74) is 1.02. The molecule has 0 radical (unpaired) electrons. The lowest BCUT2D eigenvalue weighted by molar-refractivity contribution is 0.123. The zero-order chi connectivity index (χ0) is 19.7. The molecule has 6 nitrogen and oxygen atoms in total. The Morgan fingerprint density at radius 2 is 2.04 bits per heavy atom. The van der Waals surface area contributed by atoms with Gasteiger partial charge >= 0.3 is 0 Å². The molecule has 1 saturated heterocycles. The van der Waals surface area contributed by atoms with E-state index in [2.05, 4.69) is 42.4 Å². The highest BCUT2D eigenvalue weighted by molar-refractivity contribution is 5.80. The first-order valence-electron chi connectivity index (χ1n) is 10.1. The minimum absolute atomic E-state index is 0.124. The number of benzene rings is 1. The van der Waals surface area contributed by atoms with E-state index in [9.17, 15) is 5.11 Å². The van der Waals surface area contributed by atoms with Crippen molar-refractivity contribution in [2.75, 3.05) is 44.8 Å². The number of para-hydroxylation sites is 2. The van der Waals surface area contributed by atoms with Crippen LogP contribution in [0.15, 0.2) is 29.3 Å². The second-order valence-electron chi connectivity index (χ2n) is 7.31. The van der Waals surface area contributed by atoms with Crippen molar-refractivity contribution in [3.63, 3.8) is 0 Å². The normalized spacial score (nSPS) is 17.9. The number of hydrogen-bond acceptors (Lipinski definition) is 4. The summed E-state index contributed by atoms with van der Waals surface area (Å²) in [7, 11) is 1.72. The van der Waals surface area contributed by atoms with Crippen LogP contribution < -0.4 is 20.3 Å². The van der Waals surface area contributed by atoms with Gasteiger partial charge in [-0.2, -0.15) is 0 Å². The SMILES string of the molecule is CCNC(=NCC(CC)(CC)CO)NC1CCN(c2ccccc2OC)C1. The Morgan fingerprint density at radius 3 is 2.67 bits per heavy atom. The largest absolute Gasteiger partial charge is 0.495 e. The van der Waals surface area contributed by atoms with Crippen LogP contribution in [0.25, 0.3) is 0 Å². The van der Waals surface area contributed by atoms with Gasteiger partial charge in [0.25, 0.3) is 0 Å². The third-order valence-corrected chi connectivity index (χ3v) is 5.71. The van der Waals surface area contributed by atoms with Gasteiger partial charge in [-0.1, -0.05) is 26.0 Å². The fourth-order valence-corrected chi connectivity index (χ4v) is 3.50. The summed E-state index contributed by atoms with van der Waals surface area (Å²) in [5, 5.41) is 16.7. The molecule has 1 aromatic rings. The third kappa shape index (κ3) is 5.51. The predicted molar refractivity (Wildman–Crippen MR) is 113 cm³/mol. The lowest BCUT2D eigenvalue weighted by Crippen LogP contribution is -2.45. The Morgan fingerprint density at radius 1 is 1.30 bits per heavy atom. The number of anilines is 1. The van der Waals surface area contributed by atoms with Gasteiger partial charge in [-0.15, -0.1) is 0 Å². The van der Waals surface area contributed by atoms with Crippen molar-refractivity contribution < 1.29 is 9.84 Å². The molecule has 1 aliphatic heterocycles. The van der Waals surface area contributed by atoms with Gasteiger partial charge in [-0.05, 0) is 38.3 Å². The zero-order valence-corrected chi connectivity index (χ0v) is 17.3. The molecule has 0 bridgehead atoms. The van der Waals surface area contributed by atoms with Gasteiger partial charge in [-0.3, -0.25) is 4.99 Å². The molecule has 1 unspecified atom stereocenters. The van der Waals surface area contributed by atoms with Crippen LogP contribution in [0.2, 0.25) is 0 Å². The number of ether oxygens (including phenoxy) is 1. The first-order valence-corrected chi connectivity index (χ1v) is 10.1. The Kier molecular flexibility index (Phi) is 8.23. The maximum atomic E-state index is 9.79. The quantitative estimate of drug-likeness (QED) is 0.457. The second kappa shape index (κ2) is 10.4. The first-order chi connectivity index (χ1) is 13.1. The zero-order valence-electron chi connectivity index (χ0n) is 17.3. The number of guanidine groups is 1. The van der Waals surface area contributed by atoms with Crippen LogP contribution in [-0.2, 0) is 0 Å². The molecule has 2 rings (SSSR count). The van der Waals surface area contributed by atoms with Crippen molar-refractivity contribution in [1.29, 1.82) is 0 Å². The number of methoxy groups -OCH3 is 1. The van der Waals surface area contributed by atoms with Crippen LogP contribution in [0.1, 0.15) is 40.0 Å². The number of rotatable bonds is 9. The van der Waals surface area contributed by atoms with Gasteiger partial charge in [0.2, 0.25) is 0 Å². The van der Waals surface area contributed by atoms with Gasteiger partial charge in [0.1, 0.15) is 5.75 Å². The van der Waals surface area contributed by atoms with Gasteiger partial charge < -0.3 is 25.4 Å². The van der Waals surface area contributed by atoms with Crippen LogP contribution in [0, 0.1) is 5.41 Å². The lowest BCUT2D eigenvalue weighted by atomic mass is 9.83. The van der Waals surface area contributed by atoms with Gasteiger partial charge in [-0.25, -0.2) is 0 Å². The van der Waals surface area contributed by atoms with Crippen molar-refractivity contribution in [2.24, 2.45) is 10.4 Å². The molecule has 0 saturated carbocycles. The van der Waals surface area contributed by atoms with Gasteiger partial charge in [0.15, 0.2) is 5.96 Å². The number of aliphatic hydroxyl groups is 1. The fraction of sp³-hybridized carbons (Fsp3) is 0.667. The number of nitrogens with zero attached hydrogens (tertiary/aromatic N) is 2. The van der Waals surface area contributed by atoms with Gasteiger partial charge in [0, 0.05) is 31.1 Å². The number of hydrogen-bond donors (Lipinski definition) is 3. The van der Waals surface area contributed by atoms with E-state index < -0.39 is 0 Å². The first kappa shape index (κ1) is 21.4. The average Bonchev–Trinajstić information content (AvgIpc) is 3.17. The Bertz CT molecular complexity index is 593. The van der Waals surface area contributed by atoms with Crippen molar-refractivity contribution in [2.45, 2.75) is 46.1 Å². The Labute approximate surface area is 164 Å². The molecular formula is C21H36N4O2.